The summed E-state index contributed by atoms with van der Waals surface area (Å²) < 4.78 is 17.3. The smallest absolute Gasteiger partial charge is 0.134 e. The predicted octanol–water partition coefficient (Wildman–Crippen LogP) is 1.46. The summed E-state index contributed by atoms with van der Waals surface area (Å²) in [7, 11) is -0.638. The molecule has 0 saturated carbocycles. The summed E-state index contributed by atoms with van der Waals surface area (Å²) in [4.78, 5) is 2.29. The summed E-state index contributed by atoms with van der Waals surface area (Å²) in [6.07, 6.45) is 0. The zero-order valence-electron chi connectivity index (χ0n) is 10.8. The molecule has 0 atom stereocenters. The lowest BCUT2D eigenvalue weighted by atomic mass is 10.1. The maximum Gasteiger partial charge on any atom is 0.134 e. The minimum atomic E-state index is -0.638. The molecule has 0 amide bonds. The van der Waals surface area contributed by atoms with Gasteiger partial charge in [-0.25, -0.2) is 0 Å². The van der Waals surface area contributed by atoms with Crippen molar-refractivity contribution in [2.75, 3.05) is 24.6 Å². The van der Waals surface area contributed by atoms with Crippen LogP contribution in [0.1, 0.15) is 11.3 Å². The molecule has 2 heterocycles. The fourth-order valence-electron chi connectivity index (χ4n) is 2.54. The Morgan fingerprint density at radius 2 is 2.00 bits per heavy atom. The summed E-state index contributed by atoms with van der Waals surface area (Å²) in [5.41, 5.74) is 7.86. The summed E-state index contributed by atoms with van der Waals surface area (Å²) >= 11 is 0. The van der Waals surface area contributed by atoms with E-state index in [1.54, 1.807) is 0 Å². The van der Waals surface area contributed by atoms with Crippen LogP contribution in [0.2, 0.25) is 0 Å². The van der Waals surface area contributed by atoms with E-state index in [-0.39, 0.29) is 0 Å². The number of rotatable bonds is 3. The van der Waals surface area contributed by atoms with Gasteiger partial charge in [0.2, 0.25) is 0 Å². The molecule has 3 rings (SSSR count). The lowest BCUT2D eigenvalue weighted by Crippen LogP contribution is -2.37. The third kappa shape index (κ3) is 2.59. The Morgan fingerprint density at radius 1 is 1.26 bits per heavy atom. The summed E-state index contributed by atoms with van der Waals surface area (Å²) in [5, 5.41) is 1.11. The first-order valence-corrected chi connectivity index (χ1v) is 8.03. The second-order valence-electron chi connectivity index (χ2n) is 4.83. The molecule has 1 aromatic carbocycles. The van der Waals surface area contributed by atoms with Crippen molar-refractivity contribution in [2.45, 2.75) is 13.1 Å². The molecule has 102 valence electrons. The number of benzene rings is 1. The van der Waals surface area contributed by atoms with Gasteiger partial charge >= 0.3 is 0 Å². The Hall–Kier alpha value is -1.17. The van der Waals surface area contributed by atoms with Crippen LogP contribution in [0.4, 0.5) is 0 Å². The van der Waals surface area contributed by atoms with Crippen LogP contribution in [0.15, 0.2) is 28.7 Å². The number of para-hydroxylation sites is 1. The van der Waals surface area contributed by atoms with Crippen LogP contribution in [0.25, 0.3) is 11.0 Å². The first-order valence-electron chi connectivity index (χ1n) is 6.54. The van der Waals surface area contributed by atoms with Crippen LogP contribution in [0.3, 0.4) is 0 Å². The largest absolute Gasteiger partial charge is 0.459 e. The molecule has 2 N–H and O–H groups in total. The third-order valence-electron chi connectivity index (χ3n) is 3.62. The van der Waals surface area contributed by atoms with E-state index in [4.69, 9.17) is 10.2 Å². The van der Waals surface area contributed by atoms with Gasteiger partial charge < -0.3 is 10.2 Å². The summed E-state index contributed by atoms with van der Waals surface area (Å²) in [6, 6.07) is 8.00. The number of hydrogen-bond donors (Lipinski definition) is 1. The minimum Gasteiger partial charge on any atom is -0.459 e. The molecule has 0 unspecified atom stereocenters. The fourth-order valence-corrected chi connectivity index (χ4v) is 3.67. The lowest BCUT2D eigenvalue weighted by Gasteiger charge is -2.25. The van der Waals surface area contributed by atoms with Crippen LogP contribution in [0.5, 0.6) is 0 Å². The van der Waals surface area contributed by atoms with E-state index in [1.807, 2.05) is 18.2 Å². The van der Waals surface area contributed by atoms with Crippen molar-refractivity contribution < 1.29 is 8.63 Å². The first-order chi connectivity index (χ1) is 9.28. The molecular formula is C14H18N2O2S. The Morgan fingerprint density at radius 3 is 2.74 bits per heavy atom. The van der Waals surface area contributed by atoms with E-state index >= 15 is 0 Å². The molecule has 1 aromatic heterocycles. The zero-order valence-corrected chi connectivity index (χ0v) is 11.6. The molecule has 1 saturated heterocycles. The average molecular weight is 278 g/mol. The van der Waals surface area contributed by atoms with Crippen molar-refractivity contribution in [1.29, 1.82) is 0 Å². The van der Waals surface area contributed by atoms with Gasteiger partial charge in [-0.1, -0.05) is 18.2 Å². The molecule has 0 bridgehead atoms. The molecular weight excluding hydrogens is 260 g/mol. The molecule has 1 aliphatic rings. The van der Waals surface area contributed by atoms with Crippen molar-refractivity contribution in [2.24, 2.45) is 5.73 Å². The van der Waals surface area contributed by atoms with E-state index in [0.717, 1.165) is 53.4 Å². The number of fused-ring (bicyclic) bond motifs is 1. The molecule has 1 fully saturated rings. The van der Waals surface area contributed by atoms with Crippen molar-refractivity contribution in [3.63, 3.8) is 0 Å². The van der Waals surface area contributed by atoms with E-state index < -0.39 is 10.8 Å². The summed E-state index contributed by atoms with van der Waals surface area (Å²) in [6.45, 7) is 2.99. The Balaban J connectivity index is 1.86. The van der Waals surface area contributed by atoms with E-state index in [9.17, 15) is 4.21 Å². The molecule has 0 spiro atoms. The number of nitrogens with two attached hydrogens (primary N) is 1. The van der Waals surface area contributed by atoms with Crippen molar-refractivity contribution in [3.05, 3.63) is 35.6 Å². The fraction of sp³-hybridized carbons (Fsp3) is 0.429. The monoisotopic (exact) mass is 278 g/mol. The van der Waals surface area contributed by atoms with Crippen LogP contribution in [0, 0.1) is 0 Å². The molecule has 0 radical (unpaired) electrons. The van der Waals surface area contributed by atoms with Gasteiger partial charge in [0, 0.05) is 52.9 Å². The highest BCUT2D eigenvalue weighted by molar-refractivity contribution is 7.85. The molecule has 4 nitrogen and oxygen atoms in total. The molecule has 19 heavy (non-hydrogen) atoms. The number of hydrogen-bond acceptors (Lipinski definition) is 4. The Labute approximate surface area is 115 Å². The van der Waals surface area contributed by atoms with E-state index in [0.29, 0.717) is 6.54 Å². The molecule has 0 aliphatic carbocycles. The van der Waals surface area contributed by atoms with Crippen LogP contribution in [-0.4, -0.2) is 33.7 Å². The van der Waals surface area contributed by atoms with Crippen LogP contribution >= 0.6 is 0 Å². The quantitative estimate of drug-likeness (QED) is 0.923. The van der Waals surface area contributed by atoms with E-state index in [2.05, 4.69) is 11.0 Å². The third-order valence-corrected chi connectivity index (χ3v) is 4.90. The second kappa shape index (κ2) is 5.45. The average Bonchev–Trinajstić information content (AvgIpc) is 2.78. The highest BCUT2D eigenvalue weighted by Gasteiger charge is 2.19. The predicted molar refractivity (Wildman–Crippen MR) is 77.3 cm³/mol. The highest BCUT2D eigenvalue weighted by Crippen LogP contribution is 2.26. The first kappa shape index (κ1) is 12.8. The number of nitrogens with zero attached hydrogens (tertiary/aromatic N) is 1. The molecule has 1 aliphatic heterocycles. The van der Waals surface area contributed by atoms with Gasteiger partial charge in [-0.05, 0) is 6.07 Å². The summed E-state index contributed by atoms with van der Waals surface area (Å²) in [5.74, 6) is 2.48. The van der Waals surface area contributed by atoms with E-state index in [1.165, 1.54) is 0 Å². The topological polar surface area (TPSA) is 59.5 Å². The zero-order chi connectivity index (χ0) is 13.2. The molecule has 5 heteroatoms. The van der Waals surface area contributed by atoms with Gasteiger partial charge in [0.15, 0.2) is 0 Å². The Bertz CT molecular complexity index is 599. The van der Waals surface area contributed by atoms with Gasteiger partial charge in [0.05, 0.1) is 6.54 Å². The van der Waals surface area contributed by atoms with Crippen LogP contribution < -0.4 is 5.73 Å². The SMILES string of the molecule is NCc1c(CN2CCS(=O)CC2)oc2ccccc12. The Kier molecular flexibility index (Phi) is 3.68. The standard InChI is InChI=1S/C14H18N2O2S/c15-9-12-11-3-1-2-4-13(11)18-14(12)10-16-5-7-19(17)8-6-16/h1-4H,5-10,15H2. The van der Waals surface area contributed by atoms with Gasteiger partial charge in [-0.3, -0.25) is 9.11 Å². The normalized spacial score (nSPS) is 18.2. The maximum absolute atomic E-state index is 11.4. The molecule has 2 aromatic rings. The maximum atomic E-state index is 11.4. The van der Waals surface area contributed by atoms with Gasteiger partial charge in [-0.2, -0.15) is 0 Å². The minimum absolute atomic E-state index is 0.492. The van der Waals surface area contributed by atoms with Crippen molar-refractivity contribution >= 4 is 21.8 Å². The van der Waals surface area contributed by atoms with Gasteiger partial charge in [0.25, 0.3) is 0 Å². The van der Waals surface area contributed by atoms with Crippen molar-refractivity contribution in [1.82, 2.24) is 4.90 Å². The van der Waals surface area contributed by atoms with Crippen molar-refractivity contribution in [3.8, 4) is 0 Å². The van der Waals surface area contributed by atoms with Crippen LogP contribution in [-0.2, 0) is 23.9 Å². The van der Waals surface area contributed by atoms with Gasteiger partial charge in [-0.15, -0.1) is 0 Å². The number of furan rings is 1. The lowest BCUT2D eigenvalue weighted by molar-refractivity contribution is 0.267. The second-order valence-corrected chi connectivity index (χ2v) is 6.52. The van der Waals surface area contributed by atoms with Gasteiger partial charge in [0.1, 0.15) is 11.3 Å². The highest BCUT2D eigenvalue weighted by atomic mass is 32.2.